The van der Waals surface area contributed by atoms with Crippen molar-refractivity contribution in [3.05, 3.63) is 76.4 Å². The van der Waals surface area contributed by atoms with Gasteiger partial charge < -0.3 is 4.57 Å². The van der Waals surface area contributed by atoms with E-state index in [1.807, 2.05) is 17.7 Å². The summed E-state index contributed by atoms with van der Waals surface area (Å²) in [7, 11) is 1.91. The molecule has 2 aliphatic rings. The van der Waals surface area contributed by atoms with Crippen LogP contribution in [0.5, 0.6) is 0 Å². The molecular weight excluding hydrogens is 315 g/mol. The first kappa shape index (κ1) is 14.1. The van der Waals surface area contributed by atoms with E-state index in [0.29, 0.717) is 23.4 Å². The molecular formula is C17H12ClFN4. The lowest BCUT2D eigenvalue weighted by molar-refractivity contribution is 0.625. The normalized spacial score (nSPS) is 16.5. The maximum Gasteiger partial charge on any atom is 0.148 e. The highest BCUT2D eigenvalue weighted by atomic mass is 35.5. The highest BCUT2D eigenvalue weighted by molar-refractivity contribution is 6.38. The van der Waals surface area contributed by atoms with Crippen LogP contribution in [-0.2, 0) is 13.5 Å². The van der Waals surface area contributed by atoms with Crippen LogP contribution in [0, 0.1) is 5.82 Å². The van der Waals surface area contributed by atoms with Crippen molar-refractivity contribution in [1.29, 1.82) is 0 Å². The second-order valence-electron chi connectivity index (χ2n) is 5.34. The number of aliphatic imine (C=N–C) groups is 2. The maximum absolute atomic E-state index is 14.3. The summed E-state index contributed by atoms with van der Waals surface area (Å²) in [5, 5.41) is 0.217. The van der Waals surface area contributed by atoms with Crippen molar-refractivity contribution >= 4 is 23.0 Å². The van der Waals surface area contributed by atoms with Crippen molar-refractivity contribution in [1.82, 2.24) is 9.55 Å². The van der Waals surface area contributed by atoms with Crippen LogP contribution in [0.25, 0.3) is 0 Å². The van der Waals surface area contributed by atoms with E-state index < -0.39 is 0 Å². The average Bonchev–Trinajstić information content (AvgIpc) is 2.84. The van der Waals surface area contributed by atoms with Crippen LogP contribution in [0.4, 0.5) is 4.39 Å². The third-order valence-electron chi connectivity index (χ3n) is 3.89. The fraction of sp³-hybridized carbons (Fsp3) is 0.118. The Labute approximate surface area is 137 Å². The topological polar surface area (TPSA) is 42.5 Å². The van der Waals surface area contributed by atoms with Crippen LogP contribution in [0.1, 0.15) is 17.0 Å². The molecule has 4 nitrogen and oxygen atoms in total. The highest BCUT2D eigenvalue weighted by Gasteiger charge is 2.28. The molecule has 1 aromatic carbocycles. The van der Waals surface area contributed by atoms with Gasteiger partial charge in [0.25, 0.3) is 0 Å². The number of hydrogen-bond acceptors (Lipinski definition) is 3. The summed E-state index contributed by atoms with van der Waals surface area (Å²) in [6.45, 7) is 0. The van der Waals surface area contributed by atoms with E-state index in [1.165, 1.54) is 12.3 Å². The molecule has 0 atom stereocenters. The number of aryl methyl sites for hydroxylation is 1. The number of rotatable bonds is 1. The molecule has 1 aromatic heterocycles. The lowest BCUT2D eigenvalue weighted by Gasteiger charge is -2.18. The van der Waals surface area contributed by atoms with E-state index in [9.17, 15) is 4.39 Å². The molecule has 1 aliphatic heterocycles. The first-order valence-corrected chi connectivity index (χ1v) is 7.51. The van der Waals surface area contributed by atoms with Crippen molar-refractivity contribution in [3.63, 3.8) is 0 Å². The second-order valence-corrected chi connectivity index (χ2v) is 5.73. The number of nitrogens with zero attached hydrogens (tertiary/aromatic N) is 4. The molecule has 23 heavy (non-hydrogen) atoms. The Balaban J connectivity index is 1.95. The largest absolute Gasteiger partial charge is 0.332 e. The maximum atomic E-state index is 14.3. The quantitative estimate of drug-likeness (QED) is 0.741. The first-order chi connectivity index (χ1) is 11.1. The number of hydrogen-bond donors (Lipinski definition) is 0. The van der Waals surface area contributed by atoms with Crippen LogP contribution in [-0.4, -0.2) is 21.0 Å². The minimum Gasteiger partial charge on any atom is -0.332 e. The summed E-state index contributed by atoms with van der Waals surface area (Å²) >= 11 is 6.12. The van der Waals surface area contributed by atoms with Gasteiger partial charge in [0, 0.05) is 24.6 Å². The van der Waals surface area contributed by atoms with Crippen molar-refractivity contribution in [2.75, 3.05) is 0 Å². The molecule has 6 heteroatoms. The van der Waals surface area contributed by atoms with Gasteiger partial charge in [-0.1, -0.05) is 29.8 Å². The molecule has 0 saturated heterocycles. The highest BCUT2D eigenvalue weighted by Crippen LogP contribution is 2.28. The van der Waals surface area contributed by atoms with Crippen LogP contribution in [0.15, 0.2) is 63.6 Å². The summed E-state index contributed by atoms with van der Waals surface area (Å²) in [5.41, 5.74) is 4.24. The summed E-state index contributed by atoms with van der Waals surface area (Å²) in [6.07, 6.45) is 5.86. The van der Waals surface area contributed by atoms with E-state index in [2.05, 4.69) is 15.0 Å². The zero-order valence-electron chi connectivity index (χ0n) is 12.3. The molecule has 0 unspecified atom stereocenters. The van der Waals surface area contributed by atoms with Gasteiger partial charge in [0.2, 0.25) is 0 Å². The van der Waals surface area contributed by atoms with Crippen molar-refractivity contribution in [3.8, 4) is 0 Å². The standard InChI is InChI=1S/C17H12ClFN4/c1-23-9-21-13-7-6-11-15(10-4-2-3-5-12(10)19)22-14(18)8-20-16(11)17(13)23/h2-6,8-9H,7H2,1H3. The second kappa shape index (κ2) is 5.28. The van der Waals surface area contributed by atoms with Crippen LogP contribution >= 0.6 is 11.6 Å². The SMILES string of the molecule is Cn1cnc2c1C1=NC=C(Cl)N=C(c3ccccc3F)C1=CC2. The molecule has 0 radical (unpaired) electrons. The fourth-order valence-corrected chi connectivity index (χ4v) is 3.00. The summed E-state index contributed by atoms with van der Waals surface area (Å²) in [4.78, 5) is 13.2. The van der Waals surface area contributed by atoms with Gasteiger partial charge in [-0.2, -0.15) is 0 Å². The van der Waals surface area contributed by atoms with Crippen molar-refractivity contribution in [2.24, 2.45) is 17.0 Å². The number of benzene rings is 1. The van der Waals surface area contributed by atoms with Gasteiger partial charge in [0.15, 0.2) is 0 Å². The third-order valence-corrected chi connectivity index (χ3v) is 4.08. The molecule has 2 heterocycles. The molecule has 0 bridgehead atoms. The van der Waals surface area contributed by atoms with Gasteiger partial charge in [-0.25, -0.2) is 14.4 Å². The first-order valence-electron chi connectivity index (χ1n) is 7.13. The lowest BCUT2D eigenvalue weighted by atomic mass is 9.90. The molecule has 0 N–H and O–H groups in total. The van der Waals surface area contributed by atoms with Gasteiger partial charge in [-0.15, -0.1) is 0 Å². The summed E-state index contributed by atoms with van der Waals surface area (Å²) in [6, 6.07) is 6.53. The molecule has 0 fully saturated rings. The van der Waals surface area contributed by atoms with Gasteiger partial charge >= 0.3 is 0 Å². The smallest absolute Gasteiger partial charge is 0.148 e. The Hall–Kier alpha value is -2.53. The van der Waals surface area contributed by atoms with Gasteiger partial charge in [-0.3, -0.25) is 4.99 Å². The van der Waals surface area contributed by atoms with E-state index >= 15 is 0 Å². The molecule has 2 aromatic rings. The van der Waals surface area contributed by atoms with Gasteiger partial charge in [0.05, 0.1) is 35.3 Å². The Morgan fingerprint density at radius 3 is 2.87 bits per heavy atom. The van der Waals surface area contributed by atoms with E-state index in [4.69, 9.17) is 11.6 Å². The van der Waals surface area contributed by atoms with Crippen molar-refractivity contribution in [2.45, 2.75) is 6.42 Å². The molecule has 0 amide bonds. The monoisotopic (exact) mass is 326 g/mol. The van der Waals surface area contributed by atoms with E-state index in [-0.39, 0.29) is 11.0 Å². The van der Waals surface area contributed by atoms with Crippen LogP contribution < -0.4 is 0 Å². The van der Waals surface area contributed by atoms with E-state index in [0.717, 1.165) is 17.0 Å². The molecule has 0 spiro atoms. The molecule has 0 saturated carbocycles. The fourth-order valence-electron chi connectivity index (χ4n) is 2.87. The molecule has 4 rings (SSSR count). The Morgan fingerprint density at radius 2 is 2.04 bits per heavy atom. The van der Waals surface area contributed by atoms with Crippen LogP contribution in [0.3, 0.4) is 0 Å². The number of imidazole rings is 1. The number of fused-ring (bicyclic) bond motifs is 3. The Bertz CT molecular complexity index is 934. The van der Waals surface area contributed by atoms with Gasteiger partial charge in [0.1, 0.15) is 11.0 Å². The minimum atomic E-state index is -0.339. The lowest BCUT2D eigenvalue weighted by Crippen LogP contribution is -2.22. The van der Waals surface area contributed by atoms with E-state index in [1.54, 1.807) is 24.5 Å². The number of aromatic nitrogens is 2. The van der Waals surface area contributed by atoms with Crippen LogP contribution in [0.2, 0.25) is 0 Å². The van der Waals surface area contributed by atoms with Crippen molar-refractivity contribution < 1.29 is 4.39 Å². The Kier molecular flexibility index (Phi) is 3.23. The summed E-state index contributed by atoms with van der Waals surface area (Å²) < 4.78 is 16.2. The zero-order valence-corrected chi connectivity index (χ0v) is 13.0. The van der Waals surface area contributed by atoms with Gasteiger partial charge in [-0.05, 0) is 12.1 Å². The summed E-state index contributed by atoms with van der Waals surface area (Å²) in [5.74, 6) is -0.339. The average molecular weight is 327 g/mol. The predicted molar refractivity (Wildman–Crippen MR) is 88.4 cm³/mol. The number of allylic oxidation sites excluding steroid dienone is 2. The molecule has 1 aliphatic carbocycles. The third kappa shape index (κ3) is 2.24. The minimum absolute atomic E-state index is 0.217. The zero-order chi connectivity index (χ0) is 16.0. The molecule has 114 valence electrons. The number of halogens is 2. The predicted octanol–water partition coefficient (Wildman–Crippen LogP) is 3.37. The Morgan fingerprint density at radius 1 is 1.22 bits per heavy atom.